The van der Waals surface area contributed by atoms with E-state index < -0.39 is 0 Å². The third-order valence-corrected chi connectivity index (χ3v) is 2.52. The van der Waals surface area contributed by atoms with Crippen molar-refractivity contribution in [3.05, 3.63) is 41.4 Å². The molecular formula is C11H12ClN3. The van der Waals surface area contributed by atoms with Gasteiger partial charge in [-0.15, -0.1) is 10.2 Å². The topological polar surface area (TPSA) is 30.7 Å². The summed E-state index contributed by atoms with van der Waals surface area (Å²) in [7, 11) is 0. The van der Waals surface area contributed by atoms with E-state index in [0.29, 0.717) is 5.28 Å². The molecule has 0 saturated carbocycles. The third kappa shape index (κ3) is 2.18. The Morgan fingerprint density at radius 2 is 2.00 bits per heavy atom. The first-order chi connectivity index (χ1) is 7.31. The van der Waals surface area contributed by atoms with Crippen molar-refractivity contribution in [3.63, 3.8) is 0 Å². The highest BCUT2D eigenvalue weighted by Gasteiger charge is 2.02. The fraction of sp³-hybridized carbons (Fsp3) is 0.273. The molecule has 0 unspecified atom stereocenters. The van der Waals surface area contributed by atoms with Crippen LogP contribution in [0.2, 0.25) is 5.28 Å². The molecule has 0 N–H and O–H groups in total. The SMILES string of the molecule is CCCc1ccc(-n2cnnc2Cl)cc1. The number of benzene rings is 1. The van der Waals surface area contributed by atoms with Gasteiger partial charge in [0.25, 0.3) is 0 Å². The van der Waals surface area contributed by atoms with Crippen LogP contribution in [-0.2, 0) is 6.42 Å². The van der Waals surface area contributed by atoms with Gasteiger partial charge in [0.1, 0.15) is 6.33 Å². The number of aryl methyl sites for hydroxylation is 1. The van der Waals surface area contributed by atoms with Gasteiger partial charge in [-0.2, -0.15) is 0 Å². The van der Waals surface area contributed by atoms with Crippen LogP contribution in [0.15, 0.2) is 30.6 Å². The summed E-state index contributed by atoms with van der Waals surface area (Å²) in [6.07, 6.45) is 3.88. The van der Waals surface area contributed by atoms with E-state index in [0.717, 1.165) is 18.5 Å². The van der Waals surface area contributed by atoms with Crippen LogP contribution in [0, 0.1) is 0 Å². The number of halogens is 1. The Morgan fingerprint density at radius 3 is 2.53 bits per heavy atom. The Bertz CT molecular complexity index is 433. The van der Waals surface area contributed by atoms with Crippen molar-refractivity contribution in [2.24, 2.45) is 0 Å². The maximum Gasteiger partial charge on any atom is 0.229 e. The number of hydrogen-bond donors (Lipinski definition) is 0. The molecule has 0 atom stereocenters. The zero-order chi connectivity index (χ0) is 10.7. The maximum atomic E-state index is 5.86. The molecule has 0 aliphatic heterocycles. The second-order valence-electron chi connectivity index (χ2n) is 3.39. The molecule has 3 nitrogen and oxygen atoms in total. The lowest BCUT2D eigenvalue weighted by Crippen LogP contribution is -1.92. The van der Waals surface area contributed by atoms with Crippen LogP contribution >= 0.6 is 11.6 Å². The van der Waals surface area contributed by atoms with Crippen molar-refractivity contribution >= 4 is 11.6 Å². The summed E-state index contributed by atoms with van der Waals surface area (Å²) >= 11 is 5.86. The van der Waals surface area contributed by atoms with Gasteiger partial charge in [-0.05, 0) is 35.7 Å². The standard InChI is InChI=1S/C11H12ClN3/c1-2-3-9-4-6-10(7-5-9)15-8-13-14-11(15)12/h4-8H,2-3H2,1H3. The average molecular weight is 222 g/mol. The van der Waals surface area contributed by atoms with Gasteiger partial charge in [0, 0.05) is 5.69 Å². The van der Waals surface area contributed by atoms with Gasteiger partial charge in [-0.3, -0.25) is 4.57 Å². The summed E-state index contributed by atoms with van der Waals surface area (Å²) in [5, 5.41) is 7.86. The number of rotatable bonds is 3. The fourth-order valence-corrected chi connectivity index (χ4v) is 1.69. The molecule has 0 fully saturated rings. The lowest BCUT2D eigenvalue weighted by Gasteiger charge is -2.03. The van der Waals surface area contributed by atoms with Crippen LogP contribution in [0.4, 0.5) is 0 Å². The van der Waals surface area contributed by atoms with Crippen molar-refractivity contribution in [2.75, 3.05) is 0 Å². The minimum absolute atomic E-state index is 0.387. The van der Waals surface area contributed by atoms with Gasteiger partial charge < -0.3 is 0 Å². The molecule has 1 aromatic carbocycles. The van der Waals surface area contributed by atoms with Crippen LogP contribution < -0.4 is 0 Å². The van der Waals surface area contributed by atoms with E-state index in [1.54, 1.807) is 10.9 Å². The van der Waals surface area contributed by atoms with Crippen LogP contribution in [0.25, 0.3) is 5.69 Å². The predicted molar refractivity (Wildman–Crippen MR) is 60.4 cm³/mol. The molecule has 0 aliphatic rings. The summed E-state index contributed by atoms with van der Waals surface area (Å²) < 4.78 is 1.75. The normalized spacial score (nSPS) is 10.5. The van der Waals surface area contributed by atoms with Crippen LogP contribution in [0.3, 0.4) is 0 Å². The smallest absolute Gasteiger partial charge is 0.229 e. The van der Waals surface area contributed by atoms with Crippen molar-refractivity contribution in [2.45, 2.75) is 19.8 Å². The summed E-state index contributed by atoms with van der Waals surface area (Å²) in [4.78, 5) is 0. The van der Waals surface area contributed by atoms with E-state index in [1.165, 1.54) is 5.56 Å². The first kappa shape index (κ1) is 10.2. The Kier molecular flexibility index (Phi) is 3.02. The highest BCUT2D eigenvalue weighted by molar-refractivity contribution is 6.28. The number of aromatic nitrogens is 3. The van der Waals surface area contributed by atoms with Gasteiger partial charge in [0.05, 0.1) is 0 Å². The number of hydrogen-bond acceptors (Lipinski definition) is 2. The molecule has 15 heavy (non-hydrogen) atoms. The Hall–Kier alpha value is -1.35. The molecule has 0 saturated heterocycles. The molecular weight excluding hydrogens is 210 g/mol. The van der Waals surface area contributed by atoms with Crippen molar-refractivity contribution < 1.29 is 0 Å². The maximum absolute atomic E-state index is 5.86. The second-order valence-corrected chi connectivity index (χ2v) is 3.72. The molecule has 0 radical (unpaired) electrons. The highest BCUT2D eigenvalue weighted by atomic mass is 35.5. The van der Waals surface area contributed by atoms with Crippen molar-refractivity contribution in [1.82, 2.24) is 14.8 Å². The molecule has 0 spiro atoms. The van der Waals surface area contributed by atoms with Crippen molar-refractivity contribution in [3.8, 4) is 5.69 Å². The first-order valence-electron chi connectivity index (χ1n) is 4.96. The van der Waals surface area contributed by atoms with Gasteiger partial charge in [0.15, 0.2) is 0 Å². The first-order valence-corrected chi connectivity index (χ1v) is 5.34. The van der Waals surface area contributed by atoms with E-state index >= 15 is 0 Å². The Balaban J connectivity index is 2.28. The molecule has 1 heterocycles. The highest BCUT2D eigenvalue weighted by Crippen LogP contribution is 2.14. The summed E-state index contributed by atoms with van der Waals surface area (Å²) in [6.45, 7) is 2.17. The molecule has 2 rings (SSSR count). The molecule has 0 amide bonds. The summed E-state index contributed by atoms with van der Waals surface area (Å²) in [5.41, 5.74) is 2.33. The van der Waals surface area contributed by atoms with E-state index in [1.807, 2.05) is 12.1 Å². The van der Waals surface area contributed by atoms with Gasteiger partial charge >= 0.3 is 0 Å². The van der Waals surface area contributed by atoms with E-state index in [9.17, 15) is 0 Å². The zero-order valence-corrected chi connectivity index (χ0v) is 9.28. The molecule has 1 aromatic heterocycles. The van der Waals surface area contributed by atoms with Gasteiger partial charge in [0.2, 0.25) is 5.28 Å². The second kappa shape index (κ2) is 4.45. The van der Waals surface area contributed by atoms with E-state index in [2.05, 4.69) is 29.3 Å². The third-order valence-electron chi connectivity index (χ3n) is 2.26. The molecule has 4 heteroatoms. The largest absolute Gasteiger partial charge is 0.272 e. The van der Waals surface area contributed by atoms with Crippen LogP contribution in [0.5, 0.6) is 0 Å². The predicted octanol–water partition coefficient (Wildman–Crippen LogP) is 2.87. The van der Waals surface area contributed by atoms with Crippen LogP contribution in [-0.4, -0.2) is 14.8 Å². The average Bonchev–Trinajstić information content (AvgIpc) is 2.66. The fourth-order valence-electron chi connectivity index (χ4n) is 1.51. The van der Waals surface area contributed by atoms with Crippen LogP contribution in [0.1, 0.15) is 18.9 Å². The lowest BCUT2D eigenvalue weighted by molar-refractivity contribution is 0.919. The number of nitrogens with zero attached hydrogens (tertiary/aromatic N) is 3. The minimum atomic E-state index is 0.387. The minimum Gasteiger partial charge on any atom is -0.272 e. The monoisotopic (exact) mass is 221 g/mol. The zero-order valence-electron chi connectivity index (χ0n) is 8.52. The summed E-state index contributed by atoms with van der Waals surface area (Å²) in [6, 6.07) is 8.27. The summed E-state index contributed by atoms with van der Waals surface area (Å²) in [5.74, 6) is 0. The quantitative estimate of drug-likeness (QED) is 0.798. The van der Waals surface area contributed by atoms with Gasteiger partial charge in [-0.1, -0.05) is 25.5 Å². The molecule has 78 valence electrons. The molecule has 2 aromatic rings. The van der Waals surface area contributed by atoms with Crippen molar-refractivity contribution in [1.29, 1.82) is 0 Å². The van der Waals surface area contributed by atoms with E-state index in [4.69, 9.17) is 11.6 Å². The van der Waals surface area contributed by atoms with Gasteiger partial charge in [-0.25, -0.2) is 0 Å². The van der Waals surface area contributed by atoms with E-state index in [-0.39, 0.29) is 0 Å². The molecule has 0 aliphatic carbocycles. The Labute approximate surface area is 93.7 Å². The Morgan fingerprint density at radius 1 is 1.27 bits per heavy atom. The molecule has 0 bridgehead atoms. The lowest BCUT2D eigenvalue weighted by atomic mass is 10.1.